The summed E-state index contributed by atoms with van der Waals surface area (Å²) in [6.07, 6.45) is 5.97. The number of carbonyl (C=O) groups is 1. The average molecular weight is 460 g/mol. The van der Waals surface area contributed by atoms with Crippen LogP contribution >= 0.6 is 11.8 Å². The van der Waals surface area contributed by atoms with Crippen LogP contribution in [-0.4, -0.2) is 35.9 Å². The fourth-order valence-electron chi connectivity index (χ4n) is 3.96. The zero-order valence-corrected chi connectivity index (χ0v) is 19.2. The predicted octanol–water partition coefficient (Wildman–Crippen LogP) is 4.64. The van der Waals surface area contributed by atoms with Gasteiger partial charge in [-0.25, -0.2) is 4.98 Å². The molecule has 33 heavy (non-hydrogen) atoms. The van der Waals surface area contributed by atoms with E-state index in [0.717, 1.165) is 70.7 Å². The summed E-state index contributed by atoms with van der Waals surface area (Å²) in [6, 6.07) is 13.7. The second kappa shape index (κ2) is 9.58. The molecule has 168 valence electrons. The van der Waals surface area contributed by atoms with E-state index in [1.807, 2.05) is 49.4 Å². The van der Waals surface area contributed by atoms with Crippen LogP contribution in [0, 0.1) is 6.92 Å². The Labute approximate surface area is 196 Å². The lowest BCUT2D eigenvalue weighted by Crippen LogP contribution is -2.13. The van der Waals surface area contributed by atoms with Crippen molar-refractivity contribution in [3.05, 3.63) is 71.3 Å². The van der Waals surface area contributed by atoms with Gasteiger partial charge in [0.1, 0.15) is 12.2 Å². The number of hydrogen-bond acceptors (Lipinski definition) is 6. The van der Waals surface area contributed by atoms with Gasteiger partial charge in [0.2, 0.25) is 0 Å². The quantitative estimate of drug-likeness (QED) is 0.407. The molecule has 0 bridgehead atoms. The van der Waals surface area contributed by atoms with E-state index in [-0.39, 0.29) is 5.91 Å². The minimum absolute atomic E-state index is 0.134. The number of thioether (sulfide) groups is 1. The van der Waals surface area contributed by atoms with Crippen molar-refractivity contribution in [3.8, 4) is 11.4 Å². The molecule has 0 radical (unpaired) electrons. The standard InChI is InChI=1S/C24H25N7OS/c1-16-6-9-19(22-29-28-21-5-3-2-4-12-31(21)22)13-20(16)27-23(32)18-10-7-17(8-11-18)14-33-24-25-15-26-30-24/h6-11,13,15H,2-5,12,14H2,1H3,(H,27,32)(H,25,26,30). The first-order chi connectivity index (χ1) is 16.2. The van der Waals surface area contributed by atoms with E-state index < -0.39 is 0 Å². The number of fused-ring (bicyclic) bond motifs is 1. The zero-order chi connectivity index (χ0) is 22.6. The summed E-state index contributed by atoms with van der Waals surface area (Å²) >= 11 is 1.57. The molecule has 2 aromatic heterocycles. The van der Waals surface area contributed by atoms with E-state index in [9.17, 15) is 4.79 Å². The lowest BCUT2D eigenvalue weighted by atomic mass is 10.1. The van der Waals surface area contributed by atoms with Crippen LogP contribution < -0.4 is 5.32 Å². The Morgan fingerprint density at radius 1 is 1.12 bits per heavy atom. The Morgan fingerprint density at radius 3 is 2.82 bits per heavy atom. The van der Waals surface area contributed by atoms with Crippen molar-refractivity contribution in [1.82, 2.24) is 29.9 Å². The number of carbonyl (C=O) groups excluding carboxylic acids is 1. The fraction of sp³-hybridized carbons (Fsp3) is 0.292. The average Bonchev–Trinajstić information content (AvgIpc) is 3.44. The van der Waals surface area contributed by atoms with Gasteiger partial charge in [0.15, 0.2) is 11.0 Å². The molecule has 0 unspecified atom stereocenters. The van der Waals surface area contributed by atoms with Crippen LogP contribution in [0.1, 0.15) is 46.6 Å². The molecule has 2 aromatic carbocycles. The Hall–Kier alpha value is -3.46. The number of hydrogen-bond donors (Lipinski definition) is 2. The molecule has 3 heterocycles. The molecule has 0 saturated carbocycles. The number of aromatic amines is 1. The molecular weight excluding hydrogens is 434 g/mol. The minimum Gasteiger partial charge on any atom is -0.322 e. The van der Waals surface area contributed by atoms with Crippen LogP contribution in [0.4, 0.5) is 5.69 Å². The van der Waals surface area contributed by atoms with Crippen molar-refractivity contribution in [2.45, 2.75) is 50.1 Å². The number of amides is 1. The highest BCUT2D eigenvalue weighted by atomic mass is 32.2. The maximum absolute atomic E-state index is 12.9. The van der Waals surface area contributed by atoms with E-state index in [1.54, 1.807) is 11.8 Å². The van der Waals surface area contributed by atoms with Crippen LogP contribution in [0.2, 0.25) is 0 Å². The molecule has 0 aliphatic carbocycles. The third kappa shape index (κ3) is 4.83. The molecule has 1 aliphatic rings. The predicted molar refractivity (Wildman–Crippen MR) is 128 cm³/mol. The molecule has 0 saturated heterocycles. The normalized spacial score (nSPS) is 13.4. The molecular formula is C24H25N7OS. The number of nitrogens with zero attached hydrogens (tertiary/aromatic N) is 5. The van der Waals surface area contributed by atoms with Gasteiger partial charge in [0, 0.05) is 35.5 Å². The SMILES string of the molecule is Cc1ccc(-c2nnc3n2CCCCC3)cc1NC(=O)c1ccc(CSc2ncn[nH]2)cc1. The Kier molecular flexibility index (Phi) is 6.21. The summed E-state index contributed by atoms with van der Waals surface area (Å²) in [5.74, 6) is 2.54. The largest absolute Gasteiger partial charge is 0.322 e. The molecule has 2 N–H and O–H groups in total. The van der Waals surface area contributed by atoms with Gasteiger partial charge >= 0.3 is 0 Å². The van der Waals surface area contributed by atoms with E-state index in [4.69, 9.17) is 0 Å². The van der Waals surface area contributed by atoms with Crippen LogP contribution in [-0.2, 0) is 18.7 Å². The molecule has 8 nitrogen and oxygen atoms in total. The van der Waals surface area contributed by atoms with E-state index in [2.05, 4.69) is 35.3 Å². The van der Waals surface area contributed by atoms with Crippen LogP contribution in [0.5, 0.6) is 0 Å². The van der Waals surface area contributed by atoms with Gasteiger partial charge in [-0.2, -0.15) is 5.10 Å². The summed E-state index contributed by atoms with van der Waals surface area (Å²) in [5, 5.41) is 19.4. The Morgan fingerprint density at radius 2 is 2.00 bits per heavy atom. The minimum atomic E-state index is -0.134. The van der Waals surface area contributed by atoms with Crippen molar-refractivity contribution in [3.63, 3.8) is 0 Å². The molecule has 0 fully saturated rings. The molecule has 0 spiro atoms. The first-order valence-electron chi connectivity index (χ1n) is 11.1. The summed E-state index contributed by atoms with van der Waals surface area (Å²) in [7, 11) is 0. The first-order valence-corrected chi connectivity index (χ1v) is 12.1. The van der Waals surface area contributed by atoms with Crippen LogP contribution in [0.15, 0.2) is 53.9 Å². The third-order valence-electron chi connectivity index (χ3n) is 5.84. The number of nitrogens with one attached hydrogen (secondary N) is 2. The highest BCUT2D eigenvalue weighted by Crippen LogP contribution is 2.27. The molecule has 1 aliphatic heterocycles. The van der Waals surface area contributed by atoms with Gasteiger partial charge in [0.25, 0.3) is 5.91 Å². The summed E-state index contributed by atoms with van der Waals surface area (Å²) in [6.45, 7) is 2.93. The summed E-state index contributed by atoms with van der Waals surface area (Å²) < 4.78 is 2.22. The number of aromatic nitrogens is 6. The summed E-state index contributed by atoms with van der Waals surface area (Å²) in [4.78, 5) is 17.0. The molecule has 9 heteroatoms. The second-order valence-electron chi connectivity index (χ2n) is 8.16. The fourth-order valence-corrected chi connectivity index (χ4v) is 4.69. The van der Waals surface area contributed by atoms with Crippen molar-refractivity contribution in [2.24, 2.45) is 0 Å². The van der Waals surface area contributed by atoms with Gasteiger partial charge in [-0.15, -0.1) is 10.2 Å². The third-order valence-corrected chi connectivity index (χ3v) is 6.79. The van der Waals surface area contributed by atoms with E-state index in [0.29, 0.717) is 5.56 Å². The van der Waals surface area contributed by atoms with Gasteiger partial charge in [-0.05, 0) is 49.1 Å². The molecule has 1 amide bonds. The second-order valence-corrected chi connectivity index (χ2v) is 9.13. The lowest BCUT2D eigenvalue weighted by molar-refractivity contribution is 0.102. The molecule has 4 aromatic rings. The van der Waals surface area contributed by atoms with Crippen molar-refractivity contribution >= 4 is 23.4 Å². The smallest absolute Gasteiger partial charge is 0.255 e. The van der Waals surface area contributed by atoms with E-state index >= 15 is 0 Å². The maximum Gasteiger partial charge on any atom is 0.255 e. The lowest BCUT2D eigenvalue weighted by Gasteiger charge is -2.12. The highest BCUT2D eigenvalue weighted by molar-refractivity contribution is 7.98. The number of aryl methyl sites for hydroxylation is 2. The van der Waals surface area contributed by atoms with Crippen LogP contribution in [0.3, 0.4) is 0 Å². The number of anilines is 1. The maximum atomic E-state index is 12.9. The van der Waals surface area contributed by atoms with Gasteiger partial charge in [-0.1, -0.05) is 42.4 Å². The molecule has 0 atom stereocenters. The Balaban J connectivity index is 1.30. The molecule has 5 rings (SSSR count). The van der Waals surface area contributed by atoms with Crippen molar-refractivity contribution in [2.75, 3.05) is 5.32 Å². The van der Waals surface area contributed by atoms with Crippen molar-refractivity contribution in [1.29, 1.82) is 0 Å². The summed E-state index contributed by atoms with van der Waals surface area (Å²) in [5.41, 5.74) is 4.48. The number of H-pyrrole nitrogens is 1. The van der Waals surface area contributed by atoms with Gasteiger partial charge in [0.05, 0.1) is 0 Å². The topological polar surface area (TPSA) is 101 Å². The highest BCUT2D eigenvalue weighted by Gasteiger charge is 2.17. The zero-order valence-electron chi connectivity index (χ0n) is 18.4. The van der Waals surface area contributed by atoms with Gasteiger partial charge in [-0.3, -0.25) is 9.89 Å². The number of rotatable bonds is 6. The van der Waals surface area contributed by atoms with Crippen LogP contribution in [0.25, 0.3) is 11.4 Å². The Bertz CT molecular complexity index is 1250. The first kappa shape index (κ1) is 21.4. The van der Waals surface area contributed by atoms with Gasteiger partial charge < -0.3 is 9.88 Å². The number of benzene rings is 2. The van der Waals surface area contributed by atoms with E-state index in [1.165, 1.54) is 12.7 Å². The van der Waals surface area contributed by atoms with Crippen molar-refractivity contribution < 1.29 is 4.79 Å². The monoisotopic (exact) mass is 459 g/mol.